The molecule has 144 valence electrons. The summed E-state index contributed by atoms with van der Waals surface area (Å²) in [5.74, 6) is 1.27. The zero-order valence-electron chi connectivity index (χ0n) is 15.0. The molecule has 0 fully saturated rings. The molecular formula is C22H19Cl2NO3. The fourth-order valence-electron chi connectivity index (χ4n) is 2.45. The van der Waals surface area contributed by atoms with Gasteiger partial charge in [-0.1, -0.05) is 41.4 Å². The van der Waals surface area contributed by atoms with Crippen LogP contribution in [0.1, 0.15) is 16.8 Å². The van der Waals surface area contributed by atoms with Crippen molar-refractivity contribution in [3.63, 3.8) is 0 Å². The SMILES string of the molecule is O=C(Nc1cc(Cl)ccc1Cl)c1ccc(OCCCOc2ccccc2)cc1. The number of benzene rings is 3. The number of rotatable bonds is 8. The Morgan fingerprint density at radius 3 is 2.14 bits per heavy atom. The van der Waals surface area contributed by atoms with Crippen LogP contribution in [0.25, 0.3) is 0 Å². The van der Waals surface area contributed by atoms with Gasteiger partial charge >= 0.3 is 0 Å². The maximum atomic E-state index is 12.4. The van der Waals surface area contributed by atoms with Gasteiger partial charge in [-0.3, -0.25) is 4.79 Å². The summed E-state index contributed by atoms with van der Waals surface area (Å²) in [6.45, 7) is 1.10. The van der Waals surface area contributed by atoms with E-state index in [1.807, 2.05) is 30.3 Å². The van der Waals surface area contributed by atoms with Gasteiger partial charge in [0.15, 0.2) is 0 Å². The second kappa shape index (κ2) is 10.0. The summed E-state index contributed by atoms with van der Waals surface area (Å²) < 4.78 is 11.3. The average molecular weight is 416 g/mol. The normalized spacial score (nSPS) is 10.4. The van der Waals surface area contributed by atoms with Crippen molar-refractivity contribution in [2.24, 2.45) is 0 Å². The molecule has 4 nitrogen and oxygen atoms in total. The lowest BCUT2D eigenvalue weighted by Gasteiger charge is -2.10. The zero-order valence-corrected chi connectivity index (χ0v) is 16.5. The number of carbonyl (C=O) groups excluding carboxylic acids is 1. The Bertz CT molecular complexity index is 915. The van der Waals surface area contributed by atoms with Gasteiger partial charge in [-0.15, -0.1) is 0 Å². The van der Waals surface area contributed by atoms with E-state index in [4.69, 9.17) is 32.7 Å². The number of halogens is 2. The second-order valence-corrected chi connectivity index (χ2v) is 6.81. The van der Waals surface area contributed by atoms with Crippen molar-refractivity contribution in [1.29, 1.82) is 0 Å². The quantitative estimate of drug-likeness (QED) is 0.452. The highest BCUT2D eigenvalue weighted by atomic mass is 35.5. The van der Waals surface area contributed by atoms with Crippen molar-refractivity contribution in [2.45, 2.75) is 6.42 Å². The first kappa shape index (κ1) is 20.1. The molecule has 3 aromatic carbocycles. The summed E-state index contributed by atoms with van der Waals surface area (Å²) in [5.41, 5.74) is 0.966. The number of hydrogen-bond acceptors (Lipinski definition) is 3. The molecule has 0 spiro atoms. The average Bonchev–Trinajstić information content (AvgIpc) is 2.71. The molecule has 0 saturated heterocycles. The molecule has 0 aliphatic rings. The monoisotopic (exact) mass is 415 g/mol. The van der Waals surface area contributed by atoms with Crippen LogP contribution in [0.4, 0.5) is 5.69 Å². The Kier molecular flexibility index (Phi) is 7.18. The summed E-state index contributed by atoms with van der Waals surface area (Å²) in [4.78, 5) is 12.4. The van der Waals surface area contributed by atoms with E-state index in [0.717, 1.165) is 12.2 Å². The molecule has 0 atom stereocenters. The topological polar surface area (TPSA) is 47.6 Å². The summed E-state index contributed by atoms with van der Waals surface area (Å²) in [6.07, 6.45) is 0.754. The molecule has 6 heteroatoms. The van der Waals surface area contributed by atoms with Crippen molar-refractivity contribution in [2.75, 3.05) is 18.5 Å². The summed E-state index contributed by atoms with van der Waals surface area (Å²) in [6, 6.07) is 21.5. The first-order valence-electron chi connectivity index (χ1n) is 8.79. The molecule has 3 aromatic rings. The number of para-hydroxylation sites is 1. The van der Waals surface area contributed by atoms with Gasteiger partial charge in [-0.2, -0.15) is 0 Å². The standard InChI is InChI=1S/C22H19Cl2NO3/c23-17-9-12-20(24)21(15-17)25-22(26)16-7-10-19(11-8-16)28-14-4-13-27-18-5-2-1-3-6-18/h1-3,5-12,15H,4,13-14H2,(H,25,26). The highest BCUT2D eigenvalue weighted by molar-refractivity contribution is 6.35. The van der Waals surface area contributed by atoms with E-state index >= 15 is 0 Å². The van der Waals surface area contributed by atoms with Crippen LogP contribution in [-0.4, -0.2) is 19.1 Å². The van der Waals surface area contributed by atoms with Crippen molar-refractivity contribution < 1.29 is 14.3 Å². The van der Waals surface area contributed by atoms with Gasteiger partial charge in [0, 0.05) is 17.0 Å². The summed E-state index contributed by atoms with van der Waals surface area (Å²) >= 11 is 12.0. The highest BCUT2D eigenvalue weighted by Gasteiger charge is 2.09. The summed E-state index contributed by atoms with van der Waals surface area (Å²) in [5, 5.41) is 3.68. The predicted molar refractivity (Wildman–Crippen MR) is 113 cm³/mol. The highest BCUT2D eigenvalue weighted by Crippen LogP contribution is 2.26. The lowest BCUT2D eigenvalue weighted by molar-refractivity contribution is 0.102. The fraction of sp³-hybridized carbons (Fsp3) is 0.136. The van der Waals surface area contributed by atoms with Gasteiger partial charge in [0.25, 0.3) is 5.91 Å². The number of amides is 1. The third kappa shape index (κ3) is 5.91. The van der Waals surface area contributed by atoms with Gasteiger partial charge in [0.05, 0.1) is 23.9 Å². The molecule has 0 aromatic heterocycles. The lowest BCUT2D eigenvalue weighted by atomic mass is 10.2. The van der Waals surface area contributed by atoms with E-state index in [0.29, 0.717) is 40.3 Å². The first-order valence-corrected chi connectivity index (χ1v) is 9.54. The van der Waals surface area contributed by atoms with Crippen molar-refractivity contribution >= 4 is 34.8 Å². The van der Waals surface area contributed by atoms with E-state index < -0.39 is 0 Å². The maximum absolute atomic E-state index is 12.4. The molecule has 0 heterocycles. The van der Waals surface area contributed by atoms with Crippen LogP contribution in [0.15, 0.2) is 72.8 Å². The molecule has 3 rings (SSSR count). The molecule has 28 heavy (non-hydrogen) atoms. The van der Waals surface area contributed by atoms with Crippen molar-refractivity contribution in [3.05, 3.63) is 88.4 Å². The maximum Gasteiger partial charge on any atom is 0.255 e. The Hall–Kier alpha value is -2.69. The van der Waals surface area contributed by atoms with E-state index in [2.05, 4.69) is 5.32 Å². The number of ether oxygens (including phenoxy) is 2. The molecule has 0 aliphatic heterocycles. The summed E-state index contributed by atoms with van der Waals surface area (Å²) in [7, 11) is 0. The number of nitrogens with one attached hydrogen (secondary N) is 1. The van der Waals surface area contributed by atoms with Crippen LogP contribution in [0, 0.1) is 0 Å². The Balaban J connectivity index is 1.45. The molecule has 1 amide bonds. The predicted octanol–water partition coefficient (Wildman–Crippen LogP) is 6.09. The Labute approximate surface area is 174 Å². The fourth-order valence-corrected chi connectivity index (χ4v) is 2.78. The molecule has 1 N–H and O–H groups in total. The molecule has 0 unspecified atom stereocenters. The van der Waals surface area contributed by atoms with Crippen LogP contribution >= 0.6 is 23.2 Å². The van der Waals surface area contributed by atoms with Crippen LogP contribution in [0.2, 0.25) is 10.0 Å². The molecule has 0 saturated carbocycles. The van der Waals surface area contributed by atoms with E-state index in [-0.39, 0.29) is 5.91 Å². The third-order valence-corrected chi connectivity index (χ3v) is 4.43. The Morgan fingerprint density at radius 2 is 1.46 bits per heavy atom. The number of carbonyl (C=O) groups is 1. The molecule has 0 aliphatic carbocycles. The van der Waals surface area contributed by atoms with E-state index in [9.17, 15) is 4.79 Å². The molecule has 0 bridgehead atoms. The molecular weight excluding hydrogens is 397 g/mol. The van der Waals surface area contributed by atoms with Crippen LogP contribution in [0.3, 0.4) is 0 Å². The minimum Gasteiger partial charge on any atom is -0.493 e. The van der Waals surface area contributed by atoms with Crippen molar-refractivity contribution in [1.82, 2.24) is 0 Å². The van der Waals surface area contributed by atoms with Crippen LogP contribution in [-0.2, 0) is 0 Å². The molecule has 0 radical (unpaired) electrons. The van der Waals surface area contributed by atoms with Crippen LogP contribution < -0.4 is 14.8 Å². The third-order valence-electron chi connectivity index (χ3n) is 3.86. The number of anilines is 1. The smallest absolute Gasteiger partial charge is 0.255 e. The van der Waals surface area contributed by atoms with Gasteiger partial charge in [-0.05, 0) is 54.6 Å². The van der Waals surface area contributed by atoms with E-state index in [1.54, 1.807) is 42.5 Å². The first-order chi connectivity index (χ1) is 13.6. The lowest BCUT2D eigenvalue weighted by Crippen LogP contribution is -2.12. The zero-order chi connectivity index (χ0) is 19.8. The van der Waals surface area contributed by atoms with Crippen molar-refractivity contribution in [3.8, 4) is 11.5 Å². The van der Waals surface area contributed by atoms with E-state index in [1.165, 1.54) is 0 Å². The van der Waals surface area contributed by atoms with Gasteiger partial charge in [-0.25, -0.2) is 0 Å². The van der Waals surface area contributed by atoms with Crippen LogP contribution in [0.5, 0.6) is 11.5 Å². The van der Waals surface area contributed by atoms with Gasteiger partial charge in [0.2, 0.25) is 0 Å². The largest absolute Gasteiger partial charge is 0.493 e. The second-order valence-electron chi connectivity index (χ2n) is 5.97. The number of hydrogen-bond donors (Lipinski definition) is 1. The van der Waals surface area contributed by atoms with Gasteiger partial charge in [0.1, 0.15) is 11.5 Å². The Morgan fingerprint density at radius 1 is 0.821 bits per heavy atom. The minimum absolute atomic E-state index is 0.271. The minimum atomic E-state index is -0.271. The van der Waals surface area contributed by atoms with Gasteiger partial charge < -0.3 is 14.8 Å².